The molecule has 0 radical (unpaired) electrons. The lowest BCUT2D eigenvalue weighted by molar-refractivity contribution is 0.805. The van der Waals surface area contributed by atoms with E-state index in [-0.39, 0.29) is 0 Å². The molecule has 0 aliphatic heterocycles. The van der Waals surface area contributed by atoms with Crippen LogP contribution in [0.4, 0.5) is 0 Å². The zero-order chi connectivity index (χ0) is 15.4. The predicted molar refractivity (Wildman–Crippen MR) is 84.9 cm³/mol. The Bertz CT molecular complexity index is 385. The lowest BCUT2D eigenvalue weighted by atomic mass is 9.87. The summed E-state index contributed by atoms with van der Waals surface area (Å²) in [5.74, 6) is 0. The number of rotatable bonds is 9. The molecule has 2 nitrogen and oxygen atoms in total. The van der Waals surface area contributed by atoms with Gasteiger partial charge in [-0.05, 0) is 36.8 Å². The summed E-state index contributed by atoms with van der Waals surface area (Å²) in [7, 11) is 0. The Hall–Kier alpha value is -1.54. The molecule has 110 valence electrons. The highest BCUT2D eigenvalue weighted by molar-refractivity contribution is 5.47. The van der Waals surface area contributed by atoms with Crippen LogP contribution < -0.4 is 0 Å². The smallest absolute Gasteiger partial charge is 0.0950 e. The van der Waals surface area contributed by atoms with Crippen molar-refractivity contribution in [2.45, 2.75) is 79.1 Å². The first kappa shape index (κ1) is 18.5. The fourth-order valence-corrected chi connectivity index (χ4v) is 2.52. The quantitative estimate of drug-likeness (QED) is 0.392. The summed E-state index contributed by atoms with van der Waals surface area (Å²) in [4.78, 5) is 0. The molecule has 0 spiro atoms. The average molecular weight is 272 g/mol. The van der Waals surface area contributed by atoms with Gasteiger partial charge >= 0.3 is 0 Å². The van der Waals surface area contributed by atoms with E-state index < -0.39 is 0 Å². The maximum absolute atomic E-state index is 9.44. The van der Waals surface area contributed by atoms with Gasteiger partial charge in [0.1, 0.15) is 0 Å². The molecule has 0 aromatic heterocycles. The first-order valence-electron chi connectivity index (χ1n) is 7.94. The van der Waals surface area contributed by atoms with E-state index in [1.165, 1.54) is 0 Å². The Morgan fingerprint density at radius 1 is 0.600 bits per heavy atom. The third kappa shape index (κ3) is 5.62. The number of hydrogen-bond donors (Lipinski definition) is 0. The SMILES string of the molecule is CCC/C(C#N)=C(CCC)/C(CCC)=C(\C#N)CCC. The molecule has 20 heavy (non-hydrogen) atoms. The van der Waals surface area contributed by atoms with Gasteiger partial charge in [0.25, 0.3) is 0 Å². The van der Waals surface area contributed by atoms with Crippen molar-refractivity contribution in [3.63, 3.8) is 0 Å². The second-order valence-corrected chi connectivity index (χ2v) is 5.14. The minimum atomic E-state index is 0.823. The average Bonchev–Trinajstić information content (AvgIpc) is 2.46. The standard InChI is InChI=1S/C18H28N2/c1-5-9-15(13-19)17(11-7-3)18(12-8-4)16(14-20)10-6-2/h5-12H2,1-4H3/b17-15-,18-16-. The van der Waals surface area contributed by atoms with E-state index in [9.17, 15) is 10.5 Å². The first-order chi connectivity index (χ1) is 9.69. The molecule has 0 saturated heterocycles. The Balaban J connectivity index is 5.92. The van der Waals surface area contributed by atoms with Crippen LogP contribution in [-0.4, -0.2) is 0 Å². The summed E-state index contributed by atoms with van der Waals surface area (Å²) in [5, 5.41) is 18.9. The first-order valence-corrected chi connectivity index (χ1v) is 7.94. The summed E-state index contributed by atoms with van der Waals surface area (Å²) in [6, 6.07) is 4.77. The monoisotopic (exact) mass is 272 g/mol. The van der Waals surface area contributed by atoms with Gasteiger partial charge in [-0.25, -0.2) is 0 Å². The van der Waals surface area contributed by atoms with Gasteiger partial charge in [-0.3, -0.25) is 0 Å². The second kappa shape index (κ2) is 11.3. The van der Waals surface area contributed by atoms with Gasteiger partial charge < -0.3 is 0 Å². The molecular weight excluding hydrogens is 244 g/mol. The Labute approximate surface area is 124 Å². The highest BCUT2D eigenvalue weighted by atomic mass is 14.3. The molecular formula is C18H28N2. The molecule has 0 heterocycles. The van der Waals surface area contributed by atoms with Crippen LogP contribution in [0.2, 0.25) is 0 Å². The van der Waals surface area contributed by atoms with Crippen molar-refractivity contribution in [3.8, 4) is 12.1 Å². The van der Waals surface area contributed by atoms with Crippen LogP contribution in [0, 0.1) is 22.7 Å². The lowest BCUT2D eigenvalue weighted by Gasteiger charge is -2.16. The molecule has 0 bridgehead atoms. The van der Waals surface area contributed by atoms with Gasteiger partial charge in [-0.2, -0.15) is 10.5 Å². The predicted octanol–water partition coefficient (Wildman–Crippen LogP) is 5.83. The van der Waals surface area contributed by atoms with E-state index >= 15 is 0 Å². The fourth-order valence-electron chi connectivity index (χ4n) is 2.52. The van der Waals surface area contributed by atoms with E-state index in [0.29, 0.717) is 0 Å². The van der Waals surface area contributed by atoms with Crippen molar-refractivity contribution in [2.75, 3.05) is 0 Å². The zero-order valence-corrected chi connectivity index (χ0v) is 13.6. The van der Waals surface area contributed by atoms with Crippen molar-refractivity contribution < 1.29 is 0 Å². The number of hydrogen-bond acceptors (Lipinski definition) is 2. The summed E-state index contributed by atoms with van der Waals surface area (Å²) >= 11 is 0. The maximum atomic E-state index is 9.44. The Morgan fingerprint density at radius 2 is 0.900 bits per heavy atom. The van der Waals surface area contributed by atoms with Crippen LogP contribution in [0.15, 0.2) is 22.3 Å². The molecule has 0 aromatic carbocycles. The molecule has 0 N–H and O–H groups in total. The van der Waals surface area contributed by atoms with E-state index in [1.54, 1.807) is 0 Å². The summed E-state index contributed by atoms with van der Waals surface area (Å²) in [5.41, 5.74) is 4.09. The van der Waals surface area contributed by atoms with Crippen molar-refractivity contribution in [2.24, 2.45) is 0 Å². The van der Waals surface area contributed by atoms with Crippen molar-refractivity contribution in [1.82, 2.24) is 0 Å². The van der Waals surface area contributed by atoms with Crippen molar-refractivity contribution in [1.29, 1.82) is 10.5 Å². The Kier molecular flexibility index (Phi) is 10.4. The lowest BCUT2D eigenvalue weighted by Crippen LogP contribution is -2.00. The van der Waals surface area contributed by atoms with Crippen LogP contribution in [0.25, 0.3) is 0 Å². The molecule has 2 heteroatoms. The zero-order valence-electron chi connectivity index (χ0n) is 13.6. The minimum absolute atomic E-state index is 0.823. The molecule has 0 saturated carbocycles. The van der Waals surface area contributed by atoms with Gasteiger partial charge in [-0.1, -0.05) is 53.4 Å². The third-order valence-corrected chi connectivity index (χ3v) is 3.36. The van der Waals surface area contributed by atoms with Crippen LogP contribution in [0.3, 0.4) is 0 Å². The van der Waals surface area contributed by atoms with E-state index in [2.05, 4.69) is 39.8 Å². The molecule has 0 fully saturated rings. The third-order valence-electron chi connectivity index (χ3n) is 3.36. The molecule has 0 aliphatic rings. The molecule has 0 atom stereocenters. The van der Waals surface area contributed by atoms with Gasteiger partial charge in [0.2, 0.25) is 0 Å². The maximum Gasteiger partial charge on any atom is 0.0950 e. The highest BCUT2D eigenvalue weighted by Crippen LogP contribution is 2.30. The van der Waals surface area contributed by atoms with Crippen molar-refractivity contribution >= 4 is 0 Å². The van der Waals surface area contributed by atoms with Crippen molar-refractivity contribution in [3.05, 3.63) is 22.3 Å². The van der Waals surface area contributed by atoms with Crippen LogP contribution in [0.1, 0.15) is 79.1 Å². The topological polar surface area (TPSA) is 47.6 Å². The molecule has 0 aliphatic carbocycles. The van der Waals surface area contributed by atoms with E-state index in [0.717, 1.165) is 73.7 Å². The van der Waals surface area contributed by atoms with Gasteiger partial charge in [-0.15, -0.1) is 0 Å². The van der Waals surface area contributed by atoms with Gasteiger partial charge in [0, 0.05) is 11.1 Å². The normalized spacial score (nSPS) is 13.1. The van der Waals surface area contributed by atoms with Crippen LogP contribution in [-0.2, 0) is 0 Å². The summed E-state index contributed by atoms with van der Waals surface area (Å²) < 4.78 is 0. The highest BCUT2D eigenvalue weighted by Gasteiger charge is 2.14. The van der Waals surface area contributed by atoms with Gasteiger partial charge in [0.05, 0.1) is 12.1 Å². The van der Waals surface area contributed by atoms with Crippen LogP contribution >= 0.6 is 0 Å². The molecule has 0 unspecified atom stereocenters. The summed E-state index contributed by atoms with van der Waals surface area (Å²) in [6.07, 6.45) is 7.45. The van der Waals surface area contributed by atoms with Gasteiger partial charge in [0.15, 0.2) is 0 Å². The van der Waals surface area contributed by atoms with Crippen LogP contribution in [0.5, 0.6) is 0 Å². The minimum Gasteiger partial charge on any atom is -0.193 e. The number of nitrogens with zero attached hydrogens (tertiary/aromatic N) is 2. The number of nitriles is 2. The second-order valence-electron chi connectivity index (χ2n) is 5.14. The van der Waals surface area contributed by atoms with E-state index in [1.807, 2.05) is 0 Å². The molecule has 0 aromatic rings. The Morgan fingerprint density at radius 3 is 1.10 bits per heavy atom. The summed E-state index contributed by atoms with van der Waals surface area (Å²) in [6.45, 7) is 8.47. The largest absolute Gasteiger partial charge is 0.193 e. The molecule has 0 rings (SSSR count). The number of allylic oxidation sites excluding steroid dienone is 4. The van der Waals surface area contributed by atoms with E-state index in [4.69, 9.17) is 0 Å². The fraction of sp³-hybridized carbons (Fsp3) is 0.667. The molecule has 0 amide bonds.